The SMILES string of the molecule is [CH2]C(C)Cc1c(SC)cc(SC)cc1SC. The third-order valence-corrected chi connectivity index (χ3v) is 4.68. The summed E-state index contributed by atoms with van der Waals surface area (Å²) in [6, 6.07) is 4.60. The van der Waals surface area contributed by atoms with Gasteiger partial charge >= 0.3 is 0 Å². The second kappa shape index (κ2) is 6.87. The van der Waals surface area contributed by atoms with E-state index in [1.54, 1.807) is 0 Å². The molecule has 0 bridgehead atoms. The summed E-state index contributed by atoms with van der Waals surface area (Å²) in [5, 5.41) is 0. The number of rotatable bonds is 5. The molecule has 1 atom stereocenters. The lowest BCUT2D eigenvalue weighted by atomic mass is 10.0. The van der Waals surface area contributed by atoms with Crippen LogP contribution in [0.4, 0.5) is 0 Å². The second-order valence-corrected chi connectivity index (χ2v) is 6.40. The average Bonchev–Trinajstić information content (AvgIpc) is 2.28. The lowest BCUT2D eigenvalue weighted by molar-refractivity contribution is 0.698. The van der Waals surface area contributed by atoms with Gasteiger partial charge in [-0.25, -0.2) is 0 Å². The van der Waals surface area contributed by atoms with Crippen LogP contribution in [0.5, 0.6) is 0 Å². The minimum Gasteiger partial charge on any atom is -0.130 e. The van der Waals surface area contributed by atoms with E-state index in [2.05, 4.69) is 44.7 Å². The van der Waals surface area contributed by atoms with E-state index in [-0.39, 0.29) is 0 Å². The van der Waals surface area contributed by atoms with Crippen LogP contribution >= 0.6 is 35.3 Å². The first-order chi connectivity index (χ1) is 7.62. The lowest BCUT2D eigenvalue weighted by Crippen LogP contribution is -1.99. The van der Waals surface area contributed by atoms with Crippen molar-refractivity contribution in [1.82, 2.24) is 0 Å². The molecule has 0 spiro atoms. The Morgan fingerprint density at radius 2 is 1.56 bits per heavy atom. The van der Waals surface area contributed by atoms with Gasteiger partial charge in [0.05, 0.1) is 0 Å². The van der Waals surface area contributed by atoms with E-state index in [1.807, 2.05) is 35.3 Å². The molecular weight excluding hydrogens is 252 g/mol. The van der Waals surface area contributed by atoms with Crippen molar-refractivity contribution in [1.29, 1.82) is 0 Å². The smallest absolute Gasteiger partial charge is 0.0124 e. The Labute approximate surface area is 112 Å². The Balaban J connectivity index is 3.20. The maximum atomic E-state index is 4.10. The Morgan fingerprint density at radius 3 is 1.88 bits per heavy atom. The molecule has 0 nitrogen and oxygen atoms in total. The molecule has 1 radical (unpaired) electrons. The molecule has 0 saturated carbocycles. The predicted octanol–water partition coefficient (Wildman–Crippen LogP) is 4.86. The molecule has 3 heteroatoms. The minimum atomic E-state index is 0.469. The van der Waals surface area contributed by atoms with Crippen molar-refractivity contribution in [3.63, 3.8) is 0 Å². The highest BCUT2D eigenvalue weighted by Crippen LogP contribution is 2.35. The third-order valence-electron chi connectivity index (χ3n) is 2.37. The van der Waals surface area contributed by atoms with Crippen LogP contribution in [0.25, 0.3) is 0 Å². The molecule has 0 aliphatic rings. The number of thioether (sulfide) groups is 3. The normalized spacial score (nSPS) is 11.1. The van der Waals surface area contributed by atoms with Crippen molar-refractivity contribution in [2.45, 2.75) is 28.0 Å². The number of hydrogen-bond donors (Lipinski definition) is 0. The van der Waals surface area contributed by atoms with Crippen molar-refractivity contribution in [2.75, 3.05) is 18.8 Å². The van der Waals surface area contributed by atoms with Crippen molar-refractivity contribution in [3.8, 4) is 0 Å². The van der Waals surface area contributed by atoms with Gasteiger partial charge in [0.25, 0.3) is 0 Å². The maximum absolute atomic E-state index is 4.10. The van der Waals surface area contributed by atoms with E-state index in [0.717, 1.165) is 6.42 Å². The molecule has 0 aromatic heterocycles. The van der Waals surface area contributed by atoms with Gasteiger partial charge in [-0.05, 0) is 48.8 Å². The fraction of sp³-hybridized carbons (Fsp3) is 0.462. The van der Waals surface area contributed by atoms with Crippen LogP contribution in [-0.2, 0) is 6.42 Å². The quantitative estimate of drug-likeness (QED) is 0.702. The monoisotopic (exact) mass is 271 g/mol. The molecule has 0 fully saturated rings. The molecule has 0 aliphatic carbocycles. The fourth-order valence-corrected chi connectivity index (χ4v) is 3.68. The molecule has 0 amide bonds. The van der Waals surface area contributed by atoms with Gasteiger partial charge in [0.1, 0.15) is 0 Å². The number of benzene rings is 1. The molecule has 1 aromatic carbocycles. The van der Waals surface area contributed by atoms with E-state index >= 15 is 0 Å². The van der Waals surface area contributed by atoms with E-state index in [4.69, 9.17) is 0 Å². The Morgan fingerprint density at radius 1 is 1.06 bits per heavy atom. The van der Waals surface area contributed by atoms with Crippen LogP contribution in [0.15, 0.2) is 26.8 Å². The standard InChI is InChI=1S/C13H19S3/c1-9(2)6-11-12(15-4)7-10(14-3)8-13(11)16-5/h7-9H,1,6H2,2-5H3. The number of hydrogen-bond acceptors (Lipinski definition) is 3. The van der Waals surface area contributed by atoms with Gasteiger partial charge in [-0.15, -0.1) is 35.3 Å². The van der Waals surface area contributed by atoms with Crippen LogP contribution in [-0.4, -0.2) is 18.8 Å². The van der Waals surface area contributed by atoms with Gasteiger partial charge in [0, 0.05) is 14.7 Å². The third kappa shape index (κ3) is 3.64. The molecule has 0 heterocycles. The zero-order valence-corrected chi connectivity index (χ0v) is 12.8. The first-order valence-electron chi connectivity index (χ1n) is 5.24. The Hall–Kier alpha value is 0.270. The van der Waals surface area contributed by atoms with Gasteiger partial charge in [-0.2, -0.15) is 0 Å². The van der Waals surface area contributed by atoms with Crippen LogP contribution in [0, 0.1) is 12.8 Å². The zero-order chi connectivity index (χ0) is 12.1. The highest BCUT2D eigenvalue weighted by atomic mass is 32.2. The first kappa shape index (κ1) is 14.3. The Kier molecular flexibility index (Phi) is 6.16. The van der Waals surface area contributed by atoms with Gasteiger partial charge in [-0.1, -0.05) is 13.8 Å². The summed E-state index contributed by atoms with van der Waals surface area (Å²) in [4.78, 5) is 4.17. The summed E-state index contributed by atoms with van der Waals surface area (Å²) in [5.74, 6) is 0.469. The summed E-state index contributed by atoms with van der Waals surface area (Å²) >= 11 is 5.50. The van der Waals surface area contributed by atoms with E-state index in [0.29, 0.717) is 5.92 Å². The van der Waals surface area contributed by atoms with Gasteiger partial charge in [0.15, 0.2) is 0 Å². The molecule has 16 heavy (non-hydrogen) atoms. The largest absolute Gasteiger partial charge is 0.130 e. The predicted molar refractivity (Wildman–Crippen MR) is 80.0 cm³/mol. The van der Waals surface area contributed by atoms with Crippen LogP contribution in [0.1, 0.15) is 12.5 Å². The second-order valence-electron chi connectivity index (χ2n) is 3.82. The fourth-order valence-electron chi connectivity index (χ4n) is 1.63. The first-order valence-corrected chi connectivity index (χ1v) is 8.91. The molecule has 0 N–H and O–H groups in total. The van der Waals surface area contributed by atoms with Crippen molar-refractivity contribution in [2.24, 2.45) is 5.92 Å². The summed E-state index contributed by atoms with van der Waals surface area (Å²) < 4.78 is 0. The van der Waals surface area contributed by atoms with Crippen LogP contribution in [0.2, 0.25) is 0 Å². The van der Waals surface area contributed by atoms with Crippen LogP contribution < -0.4 is 0 Å². The highest BCUT2D eigenvalue weighted by molar-refractivity contribution is 8.00. The van der Waals surface area contributed by atoms with Crippen LogP contribution in [0.3, 0.4) is 0 Å². The maximum Gasteiger partial charge on any atom is 0.0124 e. The highest BCUT2D eigenvalue weighted by Gasteiger charge is 2.11. The summed E-state index contributed by atoms with van der Waals surface area (Å²) in [5.41, 5.74) is 1.47. The topological polar surface area (TPSA) is 0 Å². The Bertz CT molecular complexity index is 320. The van der Waals surface area contributed by atoms with Crippen molar-refractivity contribution in [3.05, 3.63) is 24.6 Å². The average molecular weight is 271 g/mol. The summed E-state index contributed by atoms with van der Waals surface area (Å²) in [7, 11) is 0. The molecule has 1 aromatic rings. The molecule has 0 aliphatic heterocycles. The molecular formula is C13H19S3. The van der Waals surface area contributed by atoms with Gasteiger partial charge < -0.3 is 0 Å². The summed E-state index contributed by atoms with van der Waals surface area (Å²) in [6.07, 6.45) is 7.51. The zero-order valence-electron chi connectivity index (χ0n) is 10.4. The van der Waals surface area contributed by atoms with Crippen molar-refractivity contribution >= 4 is 35.3 Å². The van der Waals surface area contributed by atoms with Crippen molar-refractivity contribution < 1.29 is 0 Å². The van der Waals surface area contributed by atoms with Gasteiger partial charge in [0.2, 0.25) is 0 Å². The minimum absolute atomic E-state index is 0.469. The van der Waals surface area contributed by atoms with Gasteiger partial charge in [-0.3, -0.25) is 0 Å². The molecule has 89 valence electrons. The van der Waals surface area contributed by atoms with E-state index in [1.165, 1.54) is 20.2 Å². The summed E-state index contributed by atoms with van der Waals surface area (Å²) in [6.45, 7) is 6.28. The van der Waals surface area contributed by atoms with E-state index in [9.17, 15) is 0 Å². The van der Waals surface area contributed by atoms with E-state index < -0.39 is 0 Å². The molecule has 1 rings (SSSR count). The molecule has 1 unspecified atom stereocenters. The molecule has 0 saturated heterocycles. The lowest BCUT2D eigenvalue weighted by Gasteiger charge is -2.15.